The van der Waals surface area contributed by atoms with E-state index in [0.717, 1.165) is 12.0 Å². The van der Waals surface area contributed by atoms with Crippen molar-refractivity contribution < 1.29 is 0 Å². The van der Waals surface area contributed by atoms with Crippen LogP contribution in [0.4, 0.5) is 0 Å². The molecular formula is C13H26N2. The molecule has 2 aliphatic rings. The second-order valence-electron chi connectivity index (χ2n) is 5.96. The maximum Gasteiger partial charge on any atom is 0.0118 e. The van der Waals surface area contributed by atoms with Crippen LogP contribution in [-0.2, 0) is 0 Å². The number of hydrogen-bond donors (Lipinski definition) is 1. The van der Waals surface area contributed by atoms with E-state index in [0.29, 0.717) is 5.41 Å². The fourth-order valence-corrected chi connectivity index (χ4v) is 2.78. The fraction of sp³-hybridized carbons (Fsp3) is 1.00. The molecule has 1 saturated heterocycles. The normalized spacial score (nSPS) is 28.0. The van der Waals surface area contributed by atoms with Crippen LogP contribution in [0.15, 0.2) is 0 Å². The molecule has 1 heterocycles. The summed E-state index contributed by atoms with van der Waals surface area (Å²) in [6, 6.07) is 0.771. The maximum atomic E-state index is 3.44. The van der Waals surface area contributed by atoms with Crippen molar-refractivity contribution in [3.8, 4) is 0 Å². The number of hydrogen-bond acceptors (Lipinski definition) is 2. The lowest BCUT2D eigenvalue weighted by Gasteiger charge is -2.34. The van der Waals surface area contributed by atoms with Gasteiger partial charge in [0.2, 0.25) is 0 Å². The van der Waals surface area contributed by atoms with Crippen molar-refractivity contribution in [2.24, 2.45) is 11.3 Å². The summed E-state index contributed by atoms with van der Waals surface area (Å²) in [5, 5.41) is 3.44. The van der Waals surface area contributed by atoms with Crippen molar-refractivity contribution in [3.05, 3.63) is 0 Å². The van der Waals surface area contributed by atoms with Crippen molar-refractivity contribution in [2.75, 3.05) is 26.7 Å². The standard InChI is InChI=1S/C13H26N2/c1-11(13(2)6-7-13)15(3)10-12-4-8-14-9-5-12/h11-12,14H,4-10H2,1-3H3. The maximum absolute atomic E-state index is 3.44. The molecule has 0 radical (unpaired) electrons. The second kappa shape index (κ2) is 4.42. The summed E-state index contributed by atoms with van der Waals surface area (Å²) in [5.74, 6) is 0.932. The molecule has 15 heavy (non-hydrogen) atoms. The molecule has 1 aliphatic carbocycles. The van der Waals surface area contributed by atoms with E-state index in [-0.39, 0.29) is 0 Å². The highest BCUT2D eigenvalue weighted by molar-refractivity contribution is 4.97. The molecule has 0 aromatic carbocycles. The smallest absolute Gasteiger partial charge is 0.0118 e. The Balaban J connectivity index is 1.77. The summed E-state index contributed by atoms with van der Waals surface area (Å²) in [6.45, 7) is 8.61. The summed E-state index contributed by atoms with van der Waals surface area (Å²) >= 11 is 0. The van der Waals surface area contributed by atoms with Crippen molar-refractivity contribution in [1.29, 1.82) is 0 Å². The average Bonchev–Trinajstić information content (AvgIpc) is 2.98. The first-order valence-electron chi connectivity index (χ1n) is 6.53. The summed E-state index contributed by atoms with van der Waals surface area (Å²) in [7, 11) is 2.32. The predicted molar refractivity (Wildman–Crippen MR) is 65.0 cm³/mol. The van der Waals surface area contributed by atoms with Gasteiger partial charge in [0.15, 0.2) is 0 Å². The molecule has 88 valence electrons. The lowest BCUT2D eigenvalue weighted by atomic mass is 9.94. The Morgan fingerprint density at radius 3 is 2.47 bits per heavy atom. The van der Waals surface area contributed by atoms with Gasteiger partial charge in [0.1, 0.15) is 0 Å². The lowest BCUT2D eigenvalue weighted by Crippen LogP contribution is -2.41. The van der Waals surface area contributed by atoms with Gasteiger partial charge in [-0.05, 0) is 64.1 Å². The molecule has 1 N–H and O–H groups in total. The van der Waals surface area contributed by atoms with Crippen molar-refractivity contribution in [1.82, 2.24) is 10.2 Å². The van der Waals surface area contributed by atoms with Crippen LogP contribution in [0.1, 0.15) is 39.5 Å². The van der Waals surface area contributed by atoms with Gasteiger partial charge >= 0.3 is 0 Å². The van der Waals surface area contributed by atoms with Gasteiger partial charge < -0.3 is 10.2 Å². The largest absolute Gasteiger partial charge is 0.317 e. The first-order valence-corrected chi connectivity index (χ1v) is 6.53. The zero-order valence-electron chi connectivity index (χ0n) is 10.6. The lowest BCUT2D eigenvalue weighted by molar-refractivity contribution is 0.148. The van der Waals surface area contributed by atoms with E-state index in [1.165, 1.54) is 45.3 Å². The Hall–Kier alpha value is -0.0800. The predicted octanol–water partition coefficient (Wildman–Crippen LogP) is 2.11. The van der Waals surface area contributed by atoms with Crippen LogP contribution in [-0.4, -0.2) is 37.6 Å². The minimum absolute atomic E-state index is 0.641. The van der Waals surface area contributed by atoms with Crippen LogP contribution >= 0.6 is 0 Å². The van der Waals surface area contributed by atoms with Crippen LogP contribution in [0.3, 0.4) is 0 Å². The quantitative estimate of drug-likeness (QED) is 0.764. The molecule has 2 nitrogen and oxygen atoms in total. The van der Waals surface area contributed by atoms with Crippen LogP contribution in [0.2, 0.25) is 0 Å². The van der Waals surface area contributed by atoms with Gasteiger partial charge in [0, 0.05) is 12.6 Å². The first kappa shape index (κ1) is 11.4. The van der Waals surface area contributed by atoms with Crippen LogP contribution in [0.25, 0.3) is 0 Å². The minimum Gasteiger partial charge on any atom is -0.317 e. The van der Waals surface area contributed by atoms with Gasteiger partial charge in [-0.15, -0.1) is 0 Å². The molecule has 0 bridgehead atoms. The number of rotatable bonds is 4. The van der Waals surface area contributed by atoms with E-state index >= 15 is 0 Å². The van der Waals surface area contributed by atoms with Crippen LogP contribution in [0.5, 0.6) is 0 Å². The molecule has 1 unspecified atom stereocenters. The van der Waals surface area contributed by atoms with Crippen LogP contribution < -0.4 is 5.32 Å². The third-order valence-electron chi connectivity index (χ3n) is 4.71. The second-order valence-corrected chi connectivity index (χ2v) is 5.96. The summed E-state index contributed by atoms with van der Waals surface area (Å²) in [4.78, 5) is 2.60. The topological polar surface area (TPSA) is 15.3 Å². The Morgan fingerprint density at radius 1 is 1.33 bits per heavy atom. The van der Waals surface area contributed by atoms with E-state index in [1.807, 2.05) is 0 Å². The molecule has 1 aliphatic heterocycles. The molecule has 1 atom stereocenters. The molecule has 2 rings (SSSR count). The SMILES string of the molecule is CC(N(C)CC1CCNCC1)C1(C)CC1. The highest BCUT2D eigenvalue weighted by Gasteiger charge is 2.44. The Morgan fingerprint density at radius 2 is 1.93 bits per heavy atom. The van der Waals surface area contributed by atoms with E-state index in [4.69, 9.17) is 0 Å². The number of nitrogens with zero attached hydrogens (tertiary/aromatic N) is 1. The van der Waals surface area contributed by atoms with Gasteiger partial charge in [-0.2, -0.15) is 0 Å². The van der Waals surface area contributed by atoms with Crippen molar-refractivity contribution in [2.45, 2.75) is 45.6 Å². The van der Waals surface area contributed by atoms with Gasteiger partial charge in [-0.3, -0.25) is 0 Å². The molecule has 2 heteroatoms. The van der Waals surface area contributed by atoms with Gasteiger partial charge in [-0.1, -0.05) is 6.92 Å². The zero-order chi connectivity index (χ0) is 10.9. The van der Waals surface area contributed by atoms with Crippen molar-refractivity contribution >= 4 is 0 Å². The van der Waals surface area contributed by atoms with Crippen LogP contribution in [0, 0.1) is 11.3 Å². The summed E-state index contributed by atoms with van der Waals surface area (Å²) in [6.07, 6.45) is 5.61. The molecule has 0 aromatic heterocycles. The van der Waals surface area contributed by atoms with E-state index in [9.17, 15) is 0 Å². The van der Waals surface area contributed by atoms with Gasteiger partial charge in [0.05, 0.1) is 0 Å². The minimum atomic E-state index is 0.641. The fourth-order valence-electron chi connectivity index (χ4n) is 2.78. The molecular weight excluding hydrogens is 184 g/mol. The van der Waals surface area contributed by atoms with E-state index < -0.39 is 0 Å². The van der Waals surface area contributed by atoms with E-state index in [1.54, 1.807) is 0 Å². The third kappa shape index (κ3) is 2.73. The van der Waals surface area contributed by atoms with Gasteiger partial charge in [-0.25, -0.2) is 0 Å². The summed E-state index contributed by atoms with van der Waals surface area (Å²) < 4.78 is 0. The molecule has 1 saturated carbocycles. The van der Waals surface area contributed by atoms with Gasteiger partial charge in [0.25, 0.3) is 0 Å². The van der Waals surface area contributed by atoms with Crippen molar-refractivity contribution in [3.63, 3.8) is 0 Å². The monoisotopic (exact) mass is 210 g/mol. The number of piperidine rings is 1. The molecule has 0 amide bonds. The highest BCUT2D eigenvalue weighted by atomic mass is 15.1. The number of nitrogens with one attached hydrogen (secondary N) is 1. The zero-order valence-corrected chi connectivity index (χ0v) is 10.6. The third-order valence-corrected chi connectivity index (χ3v) is 4.71. The Labute approximate surface area is 94.4 Å². The van der Waals surface area contributed by atoms with E-state index in [2.05, 4.69) is 31.1 Å². The summed E-state index contributed by atoms with van der Waals surface area (Å²) in [5.41, 5.74) is 0.641. The average molecular weight is 210 g/mol. The first-order chi connectivity index (χ1) is 7.12. The molecule has 2 fully saturated rings. The molecule has 0 spiro atoms. The molecule has 0 aromatic rings. The Bertz CT molecular complexity index is 205. The Kier molecular flexibility index (Phi) is 3.36. The highest BCUT2D eigenvalue weighted by Crippen LogP contribution is 2.49.